The number of nitrogens with zero attached hydrogens (tertiary/aromatic N) is 1. The molecule has 5 heteroatoms. The van der Waals surface area contributed by atoms with Crippen LogP contribution in [0.1, 0.15) is 24.5 Å². The second kappa shape index (κ2) is 7.79. The molecule has 1 saturated carbocycles. The Bertz CT molecular complexity index is 732. The van der Waals surface area contributed by atoms with Crippen LogP contribution in [-0.2, 0) is 0 Å². The summed E-state index contributed by atoms with van der Waals surface area (Å²) in [5.74, 6) is 3.25. The normalized spacial score (nSPS) is 25.9. The number of methoxy groups -OCH3 is 1. The lowest BCUT2D eigenvalue weighted by Gasteiger charge is -2.22. The maximum Gasteiger partial charge on any atom is 0.119 e. The number of hydrogen-bond donors (Lipinski definition) is 2. The summed E-state index contributed by atoms with van der Waals surface area (Å²) in [4.78, 5) is 2.36. The minimum atomic E-state index is -0.518. The summed E-state index contributed by atoms with van der Waals surface area (Å²) >= 11 is 0. The van der Waals surface area contributed by atoms with Crippen molar-refractivity contribution >= 4 is 0 Å². The maximum atomic E-state index is 10.5. The molecule has 1 heterocycles. The van der Waals surface area contributed by atoms with E-state index in [1.807, 2.05) is 24.3 Å². The van der Waals surface area contributed by atoms with Crippen LogP contribution in [0, 0.1) is 11.8 Å². The topological polar surface area (TPSA) is 62.2 Å². The second-order valence-electron chi connectivity index (χ2n) is 7.73. The van der Waals surface area contributed by atoms with Gasteiger partial charge in [-0.15, -0.1) is 0 Å². The lowest BCUT2D eigenvalue weighted by Crippen LogP contribution is -2.28. The van der Waals surface area contributed by atoms with Crippen LogP contribution >= 0.6 is 0 Å². The molecular formula is C22H27NO4. The van der Waals surface area contributed by atoms with E-state index in [4.69, 9.17) is 9.47 Å². The van der Waals surface area contributed by atoms with Crippen LogP contribution < -0.4 is 9.47 Å². The van der Waals surface area contributed by atoms with E-state index >= 15 is 0 Å². The Morgan fingerprint density at radius 1 is 0.963 bits per heavy atom. The number of ether oxygens (including phenoxy) is 2. The molecule has 1 aliphatic carbocycles. The van der Waals surface area contributed by atoms with E-state index < -0.39 is 6.10 Å². The van der Waals surface area contributed by atoms with Crippen molar-refractivity contribution in [2.75, 3.05) is 26.7 Å². The average molecular weight is 369 g/mol. The Hall–Kier alpha value is -2.24. The molecule has 0 amide bonds. The fraction of sp³-hybridized carbons (Fsp3) is 0.455. The molecule has 1 aliphatic heterocycles. The van der Waals surface area contributed by atoms with Crippen molar-refractivity contribution in [2.45, 2.75) is 25.0 Å². The molecular weight excluding hydrogens is 342 g/mol. The van der Waals surface area contributed by atoms with E-state index in [0.29, 0.717) is 18.4 Å². The van der Waals surface area contributed by atoms with Gasteiger partial charge in [0.05, 0.1) is 19.3 Å². The smallest absolute Gasteiger partial charge is 0.119 e. The number of rotatable bonds is 6. The van der Waals surface area contributed by atoms with Crippen molar-refractivity contribution in [1.82, 2.24) is 4.90 Å². The molecule has 4 rings (SSSR count). The fourth-order valence-electron chi connectivity index (χ4n) is 4.48. The summed E-state index contributed by atoms with van der Waals surface area (Å²) in [6.45, 7) is 2.67. The van der Waals surface area contributed by atoms with Crippen LogP contribution in [0.3, 0.4) is 0 Å². The number of phenolic OH excluding ortho intramolecular Hbond substituents is 1. The maximum absolute atomic E-state index is 10.5. The third kappa shape index (κ3) is 4.20. The van der Waals surface area contributed by atoms with Gasteiger partial charge in [0.1, 0.15) is 17.2 Å². The third-order valence-electron chi connectivity index (χ3n) is 5.85. The SMILES string of the molecule is COc1ccc(OC2C[C@@H]3CN(C[C@H](O)c4ccc(O)cc4)C[C@@H]3C2)cc1. The summed E-state index contributed by atoms with van der Waals surface area (Å²) < 4.78 is 11.3. The number of hydrogen-bond acceptors (Lipinski definition) is 5. The van der Waals surface area contributed by atoms with Gasteiger partial charge in [0, 0.05) is 19.6 Å². The number of phenols is 1. The van der Waals surface area contributed by atoms with E-state index in [9.17, 15) is 10.2 Å². The molecule has 27 heavy (non-hydrogen) atoms. The van der Waals surface area contributed by atoms with Crippen molar-refractivity contribution in [3.63, 3.8) is 0 Å². The molecule has 0 spiro atoms. The summed E-state index contributed by atoms with van der Waals surface area (Å²) in [5, 5.41) is 19.8. The number of aliphatic hydroxyl groups excluding tert-OH is 1. The van der Waals surface area contributed by atoms with Gasteiger partial charge in [-0.2, -0.15) is 0 Å². The van der Waals surface area contributed by atoms with Gasteiger partial charge in [-0.1, -0.05) is 12.1 Å². The van der Waals surface area contributed by atoms with E-state index in [1.54, 1.807) is 31.4 Å². The van der Waals surface area contributed by atoms with Crippen LogP contribution in [0.4, 0.5) is 0 Å². The molecule has 2 aliphatic rings. The van der Waals surface area contributed by atoms with Crippen molar-refractivity contribution in [1.29, 1.82) is 0 Å². The van der Waals surface area contributed by atoms with Gasteiger partial charge in [-0.25, -0.2) is 0 Å². The largest absolute Gasteiger partial charge is 0.508 e. The first kappa shape index (κ1) is 18.1. The highest BCUT2D eigenvalue weighted by molar-refractivity contribution is 5.31. The van der Waals surface area contributed by atoms with Crippen LogP contribution in [0.15, 0.2) is 48.5 Å². The number of benzene rings is 2. The lowest BCUT2D eigenvalue weighted by atomic mass is 10.0. The Morgan fingerprint density at radius 3 is 2.15 bits per heavy atom. The van der Waals surface area contributed by atoms with Gasteiger partial charge in [0.2, 0.25) is 0 Å². The zero-order chi connectivity index (χ0) is 18.8. The molecule has 0 radical (unpaired) electrons. The van der Waals surface area contributed by atoms with Crippen LogP contribution in [0.25, 0.3) is 0 Å². The molecule has 2 fully saturated rings. The predicted octanol–water partition coefficient (Wildman–Crippen LogP) is 3.22. The second-order valence-corrected chi connectivity index (χ2v) is 7.73. The predicted molar refractivity (Wildman–Crippen MR) is 103 cm³/mol. The number of fused-ring (bicyclic) bond motifs is 1. The van der Waals surface area contributed by atoms with Crippen LogP contribution in [0.5, 0.6) is 17.2 Å². The highest BCUT2D eigenvalue weighted by Crippen LogP contribution is 2.40. The summed E-state index contributed by atoms with van der Waals surface area (Å²) in [7, 11) is 1.67. The van der Waals surface area contributed by atoms with Crippen molar-refractivity contribution < 1.29 is 19.7 Å². The zero-order valence-corrected chi connectivity index (χ0v) is 15.6. The Balaban J connectivity index is 1.27. The van der Waals surface area contributed by atoms with E-state index in [0.717, 1.165) is 43.0 Å². The van der Waals surface area contributed by atoms with Gasteiger partial charge >= 0.3 is 0 Å². The van der Waals surface area contributed by atoms with Crippen LogP contribution in [-0.4, -0.2) is 48.0 Å². The minimum absolute atomic E-state index is 0.226. The van der Waals surface area contributed by atoms with E-state index in [-0.39, 0.29) is 11.9 Å². The number of aliphatic hydroxyl groups is 1. The molecule has 2 aromatic carbocycles. The molecule has 2 aromatic rings. The Kier molecular flexibility index (Phi) is 5.23. The van der Waals surface area contributed by atoms with Gasteiger partial charge in [0.15, 0.2) is 0 Å². The molecule has 2 N–H and O–H groups in total. The number of likely N-dealkylation sites (tertiary alicyclic amines) is 1. The monoisotopic (exact) mass is 369 g/mol. The third-order valence-corrected chi connectivity index (χ3v) is 5.85. The first-order valence-corrected chi connectivity index (χ1v) is 9.61. The van der Waals surface area contributed by atoms with Crippen molar-refractivity contribution in [3.8, 4) is 17.2 Å². The lowest BCUT2D eigenvalue weighted by molar-refractivity contribution is 0.116. The van der Waals surface area contributed by atoms with E-state index in [2.05, 4.69) is 4.90 Å². The summed E-state index contributed by atoms with van der Waals surface area (Å²) in [5.41, 5.74) is 0.852. The highest BCUT2D eigenvalue weighted by Gasteiger charge is 2.42. The number of β-amino-alcohol motifs (C(OH)–C–C–N with tert-alkyl or cyclic N) is 1. The van der Waals surface area contributed by atoms with Crippen molar-refractivity contribution in [2.24, 2.45) is 11.8 Å². The fourth-order valence-corrected chi connectivity index (χ4v) is 4.48. The minimum Gasteiger partial charge on any atom is -0.508 e. The highest BCUT2D eigenvalue weighted by atomic mass is 16.5. The molecule has 4 atom stereocenters. The molecule has 5 nitrogen and oxygen atoms in total. The molecule has 0 aromatic heterocycles. The van der Waals surface area contributed by atoms with Crippen LogP contribution in [0.2, 0.25) is 0 Å². The average Bonchev–Trinajstić information content (AvgIpc) is 3.20. The molecule has 1 unspecified atom stereocenters. The Labute approximate surface area is 160 Å². The summed E-state index contributed by atoms with van der Waals surface area (Å²) in [6, 6.07) is 14.6. The molecule has 144 valence electrons. The standard InChI is InChI=1S/C22H27NO4/c1-26-19-6-8-20(9-7-19)27-21-10-16-12-23(13-17(16)11-21)14-22(25)15-2-4-18(24)5-3-15/h2-9,16-17,21-22,24-25H,10-14H2,1H3/t16-,17+,21?,22-/m0/s1. The van der Waals surface area contributed by atoms with Gasteiger partial charge in [0.25, 0.3) is 0 Å². The van der Waals surface area contributed by atoms with Gasteiger partial charge in [-0.05, 0) is 66.6 Å². The Morgan fingerprint density at radius 2 is 1.56 bits per heavy atom. The summed E-state index contributed by atoms with van der Waals surface area (Å²) in [6.07, 6.45) is 1.90. The van der Waals surface area contributed by atoms with Gasteiger partial charge in [-0.3, -0.25) is 4.90 Å². The molecule has 1 saturated heterocycles. The number of aromatic hydroxyl groups is 1. The van der Waals surface area contributed by atoms with Crippen molar-refractivity contribution in [3.05, 3.63) is 54.1 Å². The van der Waals surface area contributed by atoms with E-state index in [1.165, 1.54) is 0 Å². The molecule has 0 bridgehead atoms. The van der Waals surface area contributed by atoms with Gasteiger partial charge < -0.3 is 19.7 Å². The zero-order valence-electron chi connectivity index (χ0n) is 15.6. The first-order chi connectivity index (χ1) is 13.1. The first-order valence-electron chi connectivity index (χ1n) is 9.61. The quantitative estimate of drug-likeness (QED) is 0.819.